The largest absolute Gasteiger partial charge is 0.370 e. The molecule has 2 N–H and O–H groups in total. The maximum atomic E-state index is 13.3. The Morgan fingerprint density at radius 1 is 0.861 bits per heavy atom. The normalized spacial score (nSPS) is 14.4. The fourth-order valence-electron chi connectivity index (χ4n) is 3.98. The van der Waals surface area contributed by atoms with E-state index >= 15 is 0 Å². The molecule has 36 heavy (non-hydrogen) atoms. The van der Waals surface area contributed by atoms with Crippen molar-refractivity contribution in [3.05, 3.63) is 78.4 Å². The van der Waals surface area contributed by atoms with E-state index in [2.05, 4.69) is 14.9 Å². The molecule has 0 radical (unpaired) electrons. The molecule has 11 heteroatoms. The fraction of sp³-hybridized carbons (Fsp3) is 0.280. The molecule has 0 bridgehead atoms. The van der Waals surface area contributed by atoms with Crippen LogP contribution in [0.5, 0.6) is 0 Å². The summed E-state index contributed by atoms with van der Waals surface area (Å²) in [5, 5.41) is 3.35. The molecular formula is C25H31ClN4O4S2. The minimum absolute atomic E-state index is 0. The molecule has 0 amide bonds. The van der Waals surface area contributed by atoms with E-state index in [0.29, 0.717) is 0 Å². The first kappa shape index (κ1) is 27.8. The Hall–Kier alpha value is -2.79. The van der Waals surface area contributed by atoms with E-state index in [1.165, 1.54) is 31.3 Å². The van der Waals surface area contributed by atoms with Gasteiger partial charge in [-0.15, -0.1) is 12.4 Å². The summed E-state index contributed by atoms with van der Waals surface area (Å²) in [6.45, 7) is 5.19. The summed E-state index contributed by atoms with van der Waals surface area (Å²) in [4.78, 5) is 2.39. The van der Waals surface area contributed by atoms with Crippen molar-refractivity contribution in [1.29, 1.82) is 0 Å². The van der Waals surface area contributed by atoms with E-state index in [1.54, 1.807) is 42.5 Å². The van der Waals surface area contributed by atoms with Crippen LogP contribution in [0.1, 0.15) is 12.0 Å². The van der Waals surface area contributed by atoms with Gasteiger partial charge in [-0.25, -0.2) is 16.8 Å². The van der Waals surface area contributed by atoms with Gasteiger partial charge in [-0.2, -0.15) is 0 Å². The maximum Gasteiger partial charge on any atom is 0.264 e. The van der Waals surface area contributed by atoms with Gasteiger partial charge in [-0.3, -0.25) is 9.03 Å². The predicted molar refractivity (Wildman–Crippen MR) is 147 cm³/mol. The third kappa shape index (κ3) is 6.12. The number of sulfonamides is 2. The van der Waals surface area contributed by atoms with Crippen LogP contribution in [0, 0.1) is 6.92 Å². The van der Waals surface area contributed by atoms with Gasteiger partial charge in [-0.1, -0.05) is 35.9 Å². The molecule has 0 spiro atoms. The number of anilines is 3. The van der Waals surface area contributed by atoms with E-state index in [-0.39, 0.29) is 33.6 Å². The summed E-state index contributed by atoms with van der Waals surface area (Å²) in [5.41, 5.74) is 2.20. The second-order valence-corrected chi connectivity index (χ2v) is 12.1. The Labute approximate surface area is 219 Å². The van der Waals surface area contributed by atoms with Gasteiger partial charge in [0, 0.05) is 32.4 Å². The van der Waals surface area contributed by atoms with E-state index in [1.807, 2.05) is 13.0 Å². The number of hydrogen-bond acceptors (Lipinski definition) is 6. The highest BCUT2D eigenvalue weighted by molar-refractivity contribution is 7.93. The lowest BCUT2D eigenvalue weighted by molar-refractivity contribution is 0.593. The standard InChI is InChI=1S/C25H30N4O4S2.ClH/c1-20-9-12-22(13-10-20)34(30,31)27-24-19-21(29-17-6-15-26-16-18-29)11-14-25(24)28(2)35(32,33)23-7-4-3-5-8-23;/h3-5,7-14,19,26-27H,6,15-18H2,1-2H3;1H. The number of hydrogen-bond donors (Lipinski definition) is 2. The smallest absolute Gasteiger partial charge is 0.264 e. The first-order valence-corrected chi connectivity index (χ1v) is 14.3. The second-order valence-electron chi connectivity index (χ2n) is 8.50. The fourth-order valence-corrected chi connectivity index (χ4v) is 6.28. The van der Waals surface area contributed by atoms with Crippen molar-refractivity contribution in [2.45, 2.75) is 23.1 Å². The van der Waals surface area contributed by atoms with Gasteiger partial charge < -0.3 is 10.2 Å². The average molecular weight is 551 g/mol. The van der Waals surface area contributed by atoms with Crippen LogP contribution in [0.4, 0.5) is 17.1 Å². The molecule has 0 unspecified atom stereocenters. The van der Waals surface area contributed by atoms with E-state index in [4.69, 9.17) is 0 Å². The molecule has 1 heterocycles. The van der Waals surface area contributed by atoms with Crippen LogP contribution in [0.25, 0.3) is 0 Å². The summed E-state index contributed by atoms with van der Waals surface area (Å²) in [6, 6.07) is 19.8. The Morgan fingerprint density at radius 3 is 2.25 bits per heavy atom. The van der Waals surface area contributed by atoms with Crippen LogP contribution in [0.3, 0.4) is 0 Å². The highest BCUT2D eigenvalue weighted by atomic mass is 35.5. The SMILES string of the molecule is Cc1ccc(S(=O)(=O)Nc2cc(N3CCCNCC3)ccc2N(C)S(=O)(=O)c2ccccc2)cc1.Cl. The van der Waals surface area contributed by atoms with Gasteiger partial charge in [0.2, 0.25) is 0 Å². The highest BCUT2D eigenvalue weighted by Crippen LogP contribution is 2.35. The van der Waals surface area contributed by atoms with Crippen LogP contribution < -0.4 is 19.2 Å². The number of nitrogens with zero attached hydrogens (tertiary/aromatic N) is 2. The van der Waals surface area contributed by atoms with Gasteiger partial charge in [0.15, 0.2) is 0 Å². The molecule has 8 nitrogen and oxygen atoms in total. The molecule has 3 aromatic rings. The van der Waals surface area contributed by atoms with Crippen molar-refractivity contribution in [3.8, 4) is 0 Å². The number of benzene rings is 3. The molecule has 1 aliphatic heterocycles. The zero-order valence-electron chi connectivity index (χ0n) is 20.2. The molecule has 0 aliphatic carbocycles. The molecule has 194 valence electrons. The lowest BCUT2D eigenvalue weighted by Crippen LogP contribution is -2.29. The third-order valence-corrected chi connectivity index (χ3v) is 9.17. The van der Waals surface area contributed by atoms with Crippen LogP contribution in [-0.4, -0.2) is 50.1 Å². The molecule has 0 aromatic heterocycles. The topological polar surface area (TPSA) is 98.8 Å². The van der Waals surface area contributed by atoms with Gasteiger partial charge in [0.25, 0.3) is 20.0 Å². The number of halogens is 1. The number of nitrogens with one attached hydrogen (secondary N) is 2. The Balaban J connectivity index is 0.00000361. The average Bonchev–Trinajstić information content (AvgIpc) is 3.14. The van der Waals surface area contributed by atoms with Gasteiger partial charge >= 0.3 is 0 Å². The monoisotopic (exact) mass is 550 g/mol. The molecule has 1 saturated heterocycles. The zero-order chi connectivity index (χ0) is 25.1. The highest BCUT2D eigenvalue weighted by Gasteiger charge is 2.26. The van der Waals surface area contributed by atoms with Crippen LogP contribution >= 0.6 is 12.4 Å². The van der Waals surface area contributed by atoms with E-state index in [0.717, 1.165) is 48.2 Å². The van der Waals surface area contributed by atoms with Crippen LogP contribution in [0.15, 0.2) is 82.6 Å². The first-order chi connectivity index (χ1) is 16.7. The number of rotatable bonds is 7. The van der Waals surface area contributed by atoms with Crippen LogP contribution in [0.2, 0.25) is 0 Å². The van der Waals surface area contributed by atoms with Gasteiger partial charge in [-0.05, 0) is 62.4 Å². The summed E-state index contributed by atoms with van der Waals surface area (Å²) in [6.07, 6.45) is 0.953. The summed E-state index contributed by atoms with van der Waals surface area (Å²) >= 11 is 0. The quantitative estimate of drug-likeness (QED) is 0.464. The summed E-state index contributed by atoms with van der Waals surface area (Å²) < 4.78 is 56.9. The van der Waals surface area contributed by atoms with Crippen LogP contribution in [-0.2, 0) is 20.0 Å². The summed E-state index contributed by atoms with van der Waals surface area (Å²) in [7, 11) is -6.43. The van der Waals surface area contributed by atoms with E-state index in [9.17, 15) is 16.8 Å². The van der Waals surface area contributed by atoms with Crippen molar-refractivity contribution in [2.75, 3.05) is 47.2 Å². The van der Waals surface area contributed by atoms with Gasteiger partial charge in [0.05, 0.1) is 21.2 Å². The molecule has 1 fully saturated rings. The van der Waals surface area contributed by atoms with E-state index < -0.39 is 20.0 Å². The third-order valence-electron chi connectivity index (χ3n) is 6.00. The van der Waals surface area contributed by atoms with Crippen molar-refractivity contribution >= 4 is 49.5 Å². The molecule has 4 rings (SSSR count). The van der Waals surface area contributed by atoms with Crippen molar-refractivity contribution in [2.24, 2.45) is 0 Å². The Bertz CT molecular complexity index is 1380. The summed E-state index contributed by atoms with van der Waals surface area (Å²) in [5.74, 6) is 0. The lowest BCUT2D eigenvalue weighted by Gasteiger charge is -2.27. The van der Waals surface area contributed by atoms with Crippen molar-refractivity contribution in [3.63, 3.8) is 0 Å². The molecular weight excluding hydrogens is 520 g/mol. The zero-order valence-corrected chi connectivity index (χ0v) is 22.7. The maximum absolute atomic E-state index is 13.3. The Morgan fingerprint density at radius 2 is 1.56 bits per heavy atom. The first-order valence-electron chi connectivity index (χ1n) is 11.4. The van der Waals surface area contributed by atoms with Crippen molar-refractivity contribution < 1.29 is 16.8 Å². The second kappa shape index (κ2) is 11.5. The molecule has 1 aliphatic rings. The number of aryl methyl sites for hydroxylation is 1. The minimum Gasteiger partial charge on any atom is -0.370 e. The predicted octanol–water partition coefficient (Wildman–Crippen LogP) is 3.84. The van der Waals surface area contributed by atoms with Gasteiger partial charge in [0.1, 0.15) is 0 Å². The molecule has 3 aromatic carbocycles. The Kier molecular flexibility index (Phi) is 8.89. The lowest BCUT2D eigenvalue weighted by atomic mass is 10.2. The minimum atomic E-state index is -3.95. The molecule has 0 atom stereocenters. The molecule has 0 saturated carbocycles. The van der Waals surface area contributed by atoms with Crippen molar-refractivity contribution in [1.82, 2.24) is 5.32 Å².